The molecule has 1 aromatic carbocycles. The second-order valence-electron chi connectivity index (χ2n) is 6.87. The minimum Gasteiger partial charge on any atom is -0.443 e. The fraction of sp³-hybridized carbons (Fsp3) is 0.444. The molecule has 136 valence electrons. The number of rotatable bonds is 4. The summed E-state index contributed by atoms with van der Waals surface area (Å²) in [4.78, 5) is 16.1. The average Bonchev–Trinajstić information content (AvgIpc) is 2.98. The number of ether oxygens (including phenoxy) is 1. The van der Waals surface area contributed by atoms with Crippen molar-refractivity contribution < 1.29 is 22.7 Å². The Morgan fingerprint density at radius 1 is 1.24 bits per heavy atom. The molecule has 0 N–H and O–H groups in total. The third-order valence-electron chi connectivity index (χ3n) is 3.81. The van der Waals surface area contributed by atoms with Gasteiger partial charge in [-0.05, 0) is 32.4 Å². The maximum Gasteiger partial charge on any atom is 0.416 e. The van der Waals surface area contributed by atoms with Gasteiger partial charge in [-0.25, -0.2) is 4.98 Å². The summed E-state index contributed by atoms with van der Waals surface area (Å²) in [6.07, 6.45) is -1.38. The molecular weight excluding hydrogens is 333 g/mol. The van der Waals surface area contributed by atoms with Crippen LogP contribution in [0.5, 0.6) is 0 Å². The van der Waals surface area contributed by atoms with E-state index in [2.05, 4.69) is 4.98 Å². The number of alkyl halides is 3. The minimum absolute atomic E-state index is 0.0933. The number of esters is 1. The van der Waals surface area contributed by atoms with Crippen molar-refractivity contribution in [2.45, 2.75) is 46.5 Å². The Kier molecular flexibility index (Phi) is 5.25. The first-order valence-corrected chi connectivity index (χ1v) is 7.86. The van der Waals surface area contributed by atoms with Crippen LogP contribution in [-0.2, 0) is 22.4 Å². The number of benzene rings is 1. The summed E-state index contributed by atoms with van der Waals surface area (Å²) in [5, 5.41) is 0. The standard InChI is InChI=1S/C18H21F3N2O2/c1-12(13-7-5-6-8-14(13)18(19,20)21)15-22-9-10-23(15)11-25-16(24)17(2,3)4/h5-10,12H,11H2,1-4H3. The van der Waals surface area contributed by atoms with Crippen LogP contribution in [0.2, 0.25) is 0 Å². The quantitative estimate of drug-likeness (QED) is 0.754. The molecule has 2 aromatic rings. The Hall–Kier alpha value is -2.31. The summed E-state index contributed by atoms with van der Waals surface area (Å²) in [6.45, 7) is 6.74. The first-order valence-electron chi connectivity index (χ1n) is 7.86. The molecule has 7 heteroatoms. The molecule has 0 radical (unpaired) electrons. The van der Waals surface area contributed by atoms with Crippen molar-refractivity contribution in [1.29, 1.82) is 0 Å². The fourth-order valence-electron chi connectivity index (χ4n) is 2.43. The van der Waals surface area contributed by atoms with Gasteiger partial charge in [-0.15, -0.1) is 0 Å². The van der Waals surface area contributed by atoms with Crippen molar-refractivity contribution >= 4 is 5.97 Å². The number of halogens is 3. The van der Waals surface area contributed by atoms with Gasteiger partial charge in [0.15, 0.2) is 6.73 Å². The normalized spacial score (nSPS) is 13.6. The van der Waals surface area contributed by atoms with Gasteiger partial charge in [0, 0.05) is 18.3 Å². The van der Waals surface area contributed by atoms with Crippen LogP contribution in [0.4, 0.5) is 13.2 Å². The summed E-state index contributed by atoms with van der Waals surface area (Å²) in [5.41, 5.74) is -1.22. The molecule has 1 heterocycles. The molecule has 1 aromatic heterocycles. The van der Waals surface area contributed by atoms with Gasteiger partial charge < -0.3 is 9.30 Å². The highest BCUT2D eigenvalue weighted by atomic mass is 19.4. The first kappa shape index (κ1) is 19.0. The molecule has 0 bridgehead atoms. The fourth-order valence-corrected chi connectivity index (χ4v) is 2.43. The van der Waals surface area contributed by atoms with Gasteiger partial charge in [0.05, 0.1) is 11.0 Å². The number of imidazole rings is 1. The van der Waals surface area contributed by atoms with E-state index in [1.54, 1.807) is 44.5 Å². The van der Waals surface area contributed by atoms with Crippen LogP contribution in [0.25, 0.3) is 0 Å². The minimum atomic E-state index is -4.44. The van der Waals surface area contributed by atoms with Crippen molar-refractivity contribution in [3.63, 3.8) is 0 Å². The number of aromatic nitrogens is 2. The Bertz CT molecular complexity index is 745. The third-order valence-corrected chi connectivity index (χ3v) is 3.81. The monoisotopic (exact) mass is 354 g/mol. The van der Waals surface area contributed by atoms with Gasteiger partial charge in [-0.3, -0.25) is 4.79 Å². The van der Waals surface area contributed by atoms with Crippen LogP contribution in [0.3, 0.4) is 0 Å². The molecular formula is C18H21F3N2O2. The van der Waals surface area contributed by atoms with Crippen LogP contribution in [0, 0.1) is 5.41 Å². The van der Waals surface area contributed by atoms with Crippen LogP contribution in [0.15, 0.2) is 36.7 Å². The highest BCUT2D eigenvalue weighted by molar-refractivity contribution is 5.75. The van der Waals surface area contributed by atoms with Crippen molar-refractivity contribution in [3.8, 4) is 0 Å². The van der Waals surface area contributed by atoms with E-state index in [0.717, 1.165) is 6.07 Å². The lowest BCUT2D eigenvalue weighted by Gasteiger charge is -2.20. The second-order valence-corrected chi connectivity index (χ2v) is 6.87. The van der Waals surface area contributed by atoms with Gasteiger partial charge in [-0.1, -0.05) is 25.1 Å². The van der Waals surface area contributed by atoms with E-state index in [0.29, 0.717) is 5.82 Å². The predicted molar refractivity (Wildman–Crippen MR) is 86.7 cm³/mol. The predicted octanol–water partition coefficient (Wildman–Crippen LogP) is 4.60. The zero-order valence-corrected chi connectivity index (χ0v) is 14.6. The summed E-state index contributed by atoms with van der Waals surface area (Å²) < 4.78 is 46.5. The molecule has 1 atom stereocenters. The molecule has 0 fully saturated rings. The molecule has 1 unspecified atom stereocenters. The smallest absolute Gasteiger partial charge is 0.416 e. The number of nitrogens with zero attached hydrogens (tertiary/aromatic N) is 2. The number of hydrogen-bond acceptors (Lipinski definition) is 3. The largest absolute Gasteiger partial charge is 0.443 e. The van der Waals surface area contributed by atoms with E-state index in [1.807, 2.05) is 0 Å². The SMILES string of the molecule is CC(c1ccccc1C(F)(F)F)c1nccn1COC(=O)C(C)(C)C. The molecule has 0 spiro atoms. The van der Waals surface area contributed by atoms with Gasteiger partial charge in [-0.2, -0.15) is 13.2 Å². The molecule has 2 rings (SSSR count). The summed E-state index contributed by atoms with van der Waals surface area (Å²) in [5.74, 6) is -0.602. The van der Waals surface area contributed by atoms with E-state index >= 15 is 0 Å². The Labute approximate surface area is 144 Å². The zero-order valence-electron chi connectivity index (χ0n) is 14.6. The second kappa shape index (κ2) is 6.90. The van der Waals surface area contributed by atoms with Crippen molar-refractivity contribution in [2.24, 2.45) is 5.41 Å². The Balaban J connectivity index is 2.27. The number of hydrogen-bond donors (Lipinski definition) is 0. The molecule has 0 saturated carbocycles. The lowest BCUT2D eigenvalue weighted by Crippen LogP contribution is -2.24. The molecule has 4 nitrogen and oxygen atoms in total. The number of carbonyl (C=O) groups excluding carboxylic acids is 1. The Morgan fingerprint density at radius 3 is 2.48 bits per heavy atom. The van der Waals surface area contributed by atoms with Crippen molar-refractivity contribution in [1.82, 2.24) is 9.55 Å². The van der Waals surface area contributed by atoms with Gasteiger partial charge in [0.1, 0.15) is 5.82 Å². The molecule has 25 heavy (non-hydrogen) atoms. The van der Waals surface area contributed by atoms with Crippen LogP contribution in [-0.4, -0.2) is 15.5 Å². The first-order chi connectivity index (χ1) is 11.5. The molecule has 0 saturated heterocycles. The summed E-state index contributed by atoms with van der Waals surface area (Å²) in [7, 11) is 0. The van der Waals surface area contributed by atoms with E-state index in [-0.39, 0.29) is 12.3 Å². The van der Waals surface area contributed by atoms with E-state index < -0.39 is 29.0 Å². The molecule has 0 aliphatic heterocycles. The van der Waals surface area contributed by atoms with Crippen LogP contribution < -0.4 is 0 Å². The molecule has 0 aliphatic carbocycles. The van der Waals surface area contributed by atoms with E-state index in [4.69, 9.17) is 4.74 Å². The summed E-state index contributed by atoms with van der Waals surface area (Å²) >= 11 is 0. The highest BCUT2D eigenvalue weighted by Crippen LogP contribution is 2.36. The lowest BCUT2D eigenvalue weighted by atomic mass is 9.94. The maximum absolute atomic E-state index is 13.2. The topological polar surface area (TPSA) is 44.1 Å². The zero-order chi connectivity index (χ0) is 18.8. The van der Waals surface area contributed by atoms with Gasteiger partial charge in [0.25, 0.3) is 0 Å². The Morgan fingerprint density at radius 2 is 1.88 bits per heavy atom. The van der Waals surface area contributed by atoms with Crippen LogP contribution >= 0.6 is 0 Å². The van der Waals surface area contributed by atoms with Crippen molar-refractivity contribution in [3.05, 3.63) is 53.6 Å². The van der Waals surface area contributed by atoms with Gasteiger partial charge in [0.2, 0.25) is 0 Å². The van der Waals surface area contributed by atoms with E-state index in [1.165, 1.54) is 18.3 Å². The van der Waals surface area contributed by atoms with Crippen LogP contribution in [0.1, 0.15) is 50.6 Å². The van der Waals surface area contributed by atoms with Gasteiger partial charge >= 0.3 is 12.1 Å². The highest BCUT2D eigenvalue weighted by Gasteiger charge is 2.35. The lowest BCUT2D eigenvalue weighted by molar-refractivity contribution is -0.157. The maximum atomic E-state index is 13.2. The average molecular weight is 354 g/mol. The molecule has 0 amide bonds. The molecule has 0 aliphatic rings. The summed E-state index contributed by atoms with van der Waals surface area (Å²) in [6, 6.07) is 5.41. The van der Waals surface area contributed by atoms with E-state index in [9.17, 15) is 18.0 Å². The number of carbonyl (C=O) groups is 1. The third kappa shape index (κ3) is 4.41. The van der Waals surface area contributed by atoms with Crippen molar-refractivity contribution in [2.75, 3.05) is 0 Å².